The molecule has 30 heavy (non-hydrogen) atoms. The van der Waals surface area contributed by atoms with Crippen molar-refractivity contribution in [2.45, 2.75) is 26.8 Å². The molecule has 2 aromatic carbocycles. The van der Waals surface area contributed by atoms with Crippen molar-refractivity contribution < 1.29 is 24.0 Å². The molecule has 0 spiro atoms. The topological polar surface area (TPSA) is 62.0 Å². The molecule has 1 aliphatic heterocycles. The number of carbonyl (C=O) groups excluding carboxylic acids is 2. The van der Waals surface area contributed by atoms with Crippen molar-refractivity contribution in [3.63, 3.8) is 0 Å². The number of ketones is 1. The first-order chi connectivity index (χ1) is 14.4. The number of aryl methyl sites for hydroxylation is 1. The van der Waals surface area contributed by atoms with Gasteiger partial charge in [0.25, 0.3) is 11.7 Å². The van der Waals surface area contributed by atoms with Gasteiger partial charge in [0.1, 0.15) is 11.6 Å². The average Bonchev–Trinajstić information content (AvgIpc) is 3.00. The lowest BCUT2D eigenvalue weighted by Crippen LogP contribution is -3.12. The second-order valence-electron chi connectivity index (χ2n) is 7.62. The van der Waals surface area contributed by atoms with E-state index < -0.39 is 23.5 Å². The molecule has 5 nitrogen and oxygen atoms in total. The summed E-state index contributed by atoms with van der Waals surface area (Å²) in [6.45, 7) is 9.08. The van der Waals surface area contributed by atoms with Crippen LogP contribution in [0, 0.1) is 12.7 Å². The number of aliphatic hydroxyl groups is 1. The summed E-state index contributed by atoms with van der Waals surface area (Å²) in [6.07, 6.45) is 0. The second-order valence-corrected chi connectivity index (χ2v) is 7.62. The van der Waals surface area contributed by atoms with Crippen molar-refractivity contribution in [1.82, 2.24) is 4.90 Å². The number of Topliss-reactive ketones (excluding diaryl/α,β-unsaturated/α-hetero) is 1. The molecule has 1 aliphatic rings. The smallest absolute Gasteiger partial charge is 0.295 e. The maximum Gasteiger partial charge on any atom is 0.295 e. The number of likely N-dealkylation sites (N-methyl/N-ethyl adjacent to an activating group) is 1. The molecule has 1 saturated heterocycles. The monoisotopic (exact) mass is 411 g/mol. The van der Waals surface area contributed by atoms with E-state index in [1.54, 1.807) is 4.90 Å². The number of aliphatic hydroxyl groups excluding tert-OH is 1. The number of hydrogen-bond acceptors (Lipinski definition) is 3. The fourth-order valence-corrected chi connectivity index (χ4v) is 3.85. The summed E-state index contributed by atoms with van der Waals surface area (Å²) in [5, 5.41) is 10.9. The summed E-state index contributed by atoms with van der Waals surface area (Å²) in [4.78, 5) is 28.7. The number of quaternary nitrogens is 1. The SMILES string of the molecule is CC[NH+](CC)CCN1C(=O)C(=O)C(=C(O)c2ccc(F)cc2)[C@@H]1c1ccc(C)cc1. The van der Waals surface area contributed by atoms with Crippen LogP contribution in [-0.2, 0) is 9.59 Å². The molecule has 1 fully saturated rings. The highest BCUT2D eigenvalue weighted by molar-refractivity contribution is 6.46. The Hall–Kier alpha value is -2.99. The Bertz CT molecular complexity index is 947. The van der Waals surface area contributed by atoms with Gasteiger partial charge < -0.3 is 14.9 Å². The molecule has 2 N–H and O–H groups in total. The van der Waals surface area contributed by atoms with E-state index in [4.69, 9.17) is 0 Å². The maximum absolute atomic E-state index is 13.3. The molecule has 158 valence electrons. The Kier molecular flexibility index (Phi) is 6.67. The Labute approximate surface area is 176 Å². The molecule has 2 aromatic rings. The number of likely N-dealkylation sites (tertiary alicyclic amines) is 1. The molecule has 1 atom stereocenters. The minimum absolute atomic E-state index is 0.0463. The van der Waals surface area contributed by atoms with Crippen LogP contribution in [0.1, 0.15) is 36.6 Å². The summed E-state index contributed by atoms with van der Waals surface area (Å²) >= 11 is 0. The summed E-state index contributed by atoms with van der Waals surface area (Å²) in [6, 6.07) is 12.2. The van der Waals surface area contributed by atoms with Gasteiger partial charge >= 0.3 is 0 Å². The number of nitrogens with zero attached hydrogens (tertiary/aromatic N) is 1. The summed E-state index contributed by atoms with van der Waals surface area (Å²) in [7, 11) is 0. The van der Waals surface area contributed by atoms with Crippen LogP contribution in [0.2, 0.25) is 0 Å². The molecule has 3 rings (SSSR count). The highest BCUT2D eigenvalue weighted by Gasteiger charge is 2.46. The predicted molar refractivity (Wildman–Crippen MR) is 114 cm³/mol. The van der Waals surface area contributed by atoms with Crippen molar-refractivity contribution in [2.24, 2.45) is 0 Å². The minimum atomic E-state index is -0.711. The van der Waals surface area contributed by atoms with Crippen LogP contribution in [-0.4, -0.2) is 47.9 Å². The minimum Gasteiger partial charge on any atom is -0.507 e. The first-order valence-corrected chi connectivity index (χ1v) is 10.3. The maximum atomic E-state index is 13.3. The molecule has 0 saturated carbocycles. The van der Waals surface area contributed by atoms with Crippen molar-refractivity contribution in [3.05, 3.63) is 76.6 Å². The quantitative estimate of drug-likeness (QED) is 0.418. The molecule has 0 aliphatic carbocycles. The van der Waals surface area contributed by atoms with Gasteiger partial charge in [-0.25, -0.2) is 4.39 Å². The molecule has 6 heteroatoms. The lowest BCUT2D eigenvalue weighted by atomic mass is 9.94. The van der Waals surface area contributed by atoms with E-state index >= 15 is 0 Å². The van der Waals surface area contributed by atoms with E-state index in [-0.39, 0.29) is 11.3 Å². The highest BCUT2D eigenvalue weighted by atomic mass is 19.1. The third-order valence-electron chi connectivity index (χ3n) is 5.76. The zero-order chi connectivity index (χ0) is 21.8. The van der Waals surface area contributed by atoms with Crippen LogP contribution in [0.25, 0.3) is 5.76 Å². The molecule has 1 heterocycles. The number of rotatable bonds is 7. The van der Waals surface area contributed by atoms with Crippen molar-refractivity contribution in [1.29, 1.82) is 0 Å². The van der Waals surface area contributed by atoms with Gasteiger partial charge in [-0.2, -0.15) is 0 Å². The lowest BCUT2D eigenvalue weighted by Gasteiger charge is -2.27. The van der Waals surface area contributed by atoms with Crippen molar-refractivity contribution in [2.75, 3.05) is 26.2 Å². The predicted octanol–water partition coefficient (Wildman–Crippen LogP) is 2.48. The number of hydrogen-bond donors (Lipinski definition) is 2. The molecule has 0 radical (unpaired) electrons. The fraction of sp³-hybridized carbons (Fsp3) is 0.333. The van der Waals surface area contributed by atoms with Gasteiger partial charge in [-0.05, 0) is 50.6 Å². The lowest BCUT2D eigenvalue weighted by molar-refractivity contribution is -0.895. The van der Waals surface area contributed by atoms with Crippen LogP contribution >= 0.6 is 0 Å². The Morgan fingerprint density at radius 1 is 1.03 bits per heavy atom. The number of halogens is 1. The molecule has 0 unspecified atom stereocenters. The van der Waals surface area contributed by atoms with Gasteiger partial charge in [0.05, 0.1) is 37.8 Å². The van der Waals surface area contributed by atoms with Gasteiger partial charge in [-0.15, -0.1) is 0 Å². The van der Waals surface area contributed by atoms with Crippen LogP contribution in [0.5, 0.6) is 0 Å². The molecule has 1 amide bonds. The van der Waals surface area contributed by atoms with E-state index in [0.717, 1.165) is 24.2 Å². The Morgan fingerprint density at radius 2 is 1.63 bits per heavy atom. The molecular formula is C24H28FN2O3+. The Morgan fingerprint density at radius 3 is 2.20 bits per heavy atom. The van der Waals surface area contributed by atoms with Crippen LogP contribution in [0.4, 0.5) is 4.39 Å². The number of benzene rings is 2. The van der Waals surface area contributed by atoms with E-state index in [9.17, 15) is 19.1 Å². The normalized spacial score (nSPS) is 18.4. The van der Waals surface area contributed by atoms with Gasteiger partial charge in [-0.3, -0.25) is 9.59 Å². The first kappa shape index (κ1) is 21.7. The Balaban J connectivity index is 2.08. The van der Waals surface area contributed by atoms with E-state index in [0.29, 0.717) is 18.7 Å². The van der Waals surface area contributed by atoms with Gasteiger partial charge in [-0.1, -0.05) is 29.8 Å². The highest BCUT2D eigenvalue weighted by Crippen LogP contribution is 2.39. The zero-order valence-electron chi connectivity index (χ0n) is 17.6. The second kappa shape index (κ2) is 9.22. The first-order valence-electron chi connectivity index (χ1n) is 10.3. The number of nitrogens with one attached hydrogen (secondary N) is 1. The third kappa shape index (κ3) is 4.28. The summed E-state index contributed by atoms with van der Waals surface area (Å²) in [5.74, 6) is -2.05. The van der Waals surface area contributed by atoms with Crippen molar-refractivity contribution >= 4 is 17.4 Å². The van der Waals surface area contributed by atoms with Crippen LogP contribution < -0.4 is 4.90 Å². The average molecular weight is 411 g/mol. The van der Waals surface area contributed by atoms with E-state index in [1.807, 2.05) is 31.2 Å². The van der Waals surface area contributed by atoms with Crippen LogP contribution in [0.15, 0.2) is 54.1 Å². The van der Waals surface area contributed by atoms with E-state index in [2.05, 4.69) is 13.8 Å². The number of amides is 1. The van der Waals surface area contributed by atoms with E-state index in [1.165, 1.54) is 29.2 Å². The summed E-state index contributed by atoms with van der Waals surface area (Å²) in [5.41, 5.74) is 2.17. The summed E-state index contributed by atoms with van der Waals surface area (Å²) < 4.78 is 13.3. The standard InChI is InChI=1S/C24H27FN2O3/c1-4-26(5-2)14-15-27-21(17-8-6-16(3)7-9-17)20(23(29)24(27)30)22(28)18-10-12-19(25)13-11-18/h6-13,21,28H,4-5,14-15H2,1-3H3/p+1/t21-/m0/s1. The largest absolute Gasteiger partial charge is 0.507 e. The molecule has 0 aromatic heterocycles. The van der Waals surface area contributed by atoms with Crippen molar-refractivity contribution in [3.8, 4) is 0 Å². The third-order valence-corrected chi connectivity index (χ3v) is 5.76. The molecule has 0 bridgehead atoms. The van der Waals surface area contributed by atoms with Gasteiger partial charge in [0.15, 0.2) is 0 Å². The number of carbonyl (C=O) groups is 2. The fourth-order valence-electron chi connectivity index (χ4n) is 3.85. The van der Waals surface area contributed by atoms with Gasteiger partial charge in [0, 0.05) is 5.56 Å². The zero-order valence-corrected chi connectivity index (χ0v) is 17.6. The molecular weight excluding hydrogens is 383 g/mol. The van der Waals surface area contributed by atoms with Gasteiger partial charge in [0.2, 0.25) is 0 Å². The van der Waals surface area contributed by atoms with Crippen LogP contribution in [0.3, 0.4) is 0 Å².